The van der Waals surface area contributed by atoms with Crippen LogP contribution in [-0.2, 0) is 11.2 Å². The monoisotopic (exact) mass is 293 g/mol. The van der Waals surface area contributed by atoms with Crippen molar-refractivity contribution in [2.75, 3.05) is 5.32 Å². The number of carbonyl (C=O) groups is 1. The number of carbonyl (C=O) groups excluding carboxylic acids is 1. The summed E-state index contributed by atoms with van der Waals surface area (Å²) in [5.74, 6) is 1.13. The van der Waals surface area contributed by atoms with E-state index in [-0.39, 0.29) is 5.91 Å². The average molecular weight is 293 g/mol. The summed E-state index contributed by atoms with van der Waals surface area (Å²) in [5, 5.41) is 9.36. The first-order chi connectivity index (χ1) is 9.47. The molecule has 0 bridgehead atoms. The van der Waals surface area contributed by atoms with Gasteiger partial charge >= 0.3 is 0 Å². The van der Waals surface area contributed by atoms with Gasteiger partial charge < -0.3 is 9.84 Å². The van der Waals surface area contributed by atoms with Crippen LogP contribution in [0.1, 0.15) is 48.9 Å². The molecule has 2 aromatic rings. The highest BCUT2D eigenvalue weighted by Gasteiger charge is 2.12. The van der Waals surface area contributed by atoms with Gasteiger partial charge in [-0.05, 0) is 26.2 Å². The van der Waals surface area contributed by atoms with Crippen molar-refractivity contribution in [1.82, 2.24) is 10.1 Å². The van der Waals surface area contributed by atoms with Gasteiger partial charge in [-0.25, -0.2) is 4.98 Å². The number of amides is 1. The highest BCUT2D eigenvalue weighted by molar-refractivity contribution is 7.13. The van der Waals surface area contributed by atoms with Crippen molar-refractivity contribution in [3.05, 3.63) is 28.1 Å². The van der Waals surface area contributed by atoms with Gasteiger partial charge in [0.25, 0.3) is 0 Å². The van der Waals surface area contributed by atoms with Crippen molar-refractivity contribution in [3.8, 4) is 0 Å². The largest absolute Gasteiger partial charge is 0.361 e. The van der Waals surface area contributed by atoms with E-state index in [9.17, 15) is 4.79 Å². The van der Waals surface area contributed by atoms with E-state index in [0.29, 0.717) is 23.9 Å². The molecule has 1 N–H and O–H groups in total. The van der Waals surface area contributed by atoms with Gasteiger partial charge in [0.05, 0.1) is 11.4 Å². The Balaban J connectivity index is 1.89. The van der Waals surface area contributed by atoms with Crippen LogP contribution in [0.3, 0.4) is 0 Å². The van der Waals surface area contributed by atoms with E-state index in [0.717, 1.165) is 22.7 Å². The molecule has 0 radical (unpaired) electrons. The van der Waals surface area contributed by atoms with Crippen LogP contribution in [0.15, 0.2) is 9.90 Å². The molecule has 0 fully saturated rings. The Hall–Kier alpha value is -1.69. The number of aryl methyl sites for hydroxylation is 2. The van der Waals surface area contributed by atoms with Gasteiger partial charge in [-0.3, -0.25) is 4.79 Å². The Morgan fingerprint density at radius 2 is 2.20 bits per heavy atom. The van der Waals surface area contributed by atoms with Crippen LogP contribution >= 0.6 is 11.3 Å². The summed E-state index contributed by atoms with van der Waals surface area (Å²) in [6.07, 6.45) is 1.04. The quantitative estimate of drug-likeness (QED) is 0.917. The van der Waals surface area contributed by atoms with Crippen LogP contribution in [0, 0.1) is 13.8 Å². The van der Waals surface area contributed by atoms with Crippen molar-refractivity contribution < 1.29 is 9.32 Å². The lowest BCUT2D eigenvalue weighted by atomic mass is 10.1. The highest BCUT2D eigenvalue weighted by Crippen LogP contribution is 2.22. The second kappa shape index (κ2) is 6.17. The van der Waals surface area contributed by atoms with Gasteiger partial charge in [0.1, 0.15) is 5.76 Å². The van der Waals surface area contributed by atoms with E-state index < -0.39 is 0 Å². The van der Waals surface area contributed by atoms with Crippen LogP contribution in [0.4, 0.5) is 5.13 Å². The summed E-state index contributed by atoms with van der Waals surface area (Å²) < 4.78 is 5.08. The summed E-state index contributed by atoms with van der Waals surface area (Å²) in [6, 6.07) is 0. The summed E-state index contributed by atoms with van der Waals surface area (Å²) in [5.41, 5.74) is 2.88. The minimum atomic E-state index is -0.0327. The average Bonchev–Trinajstić information content (AvgIpc) is 2.96. The van der Waals surface area contributed by atoms with Crippen LogP contribution < -0.4 is 5.32 Å². The van der Waals surface area contributed by atoms with Gasteiger partial charge in [0.2, 0.25) is 5.91 Å². The smallest absolute Gasteiger partial charge is 0.226 e. The van der Waals surface area contributed by atoms with Crippen LogP contribution in [0.25, 0.3) is 0 Å². The summed E-state index contributed by atoms with van der Waals surface area (Å²) in [4.78, 5) is 16.3. The molecular formula is C14H19N3O2S. The van der Waals surface area contributed by atoms with Gasteiger partial charge in [-0.2, -0.15) is 0 Å². The number of nitrogens with zero attached hydrogens (tertiary/aromatic N) is 2. The molecule has 6 heteroatoms. The normalized spacial score (nSPS) is 11.1. The number of anilines is 1. The Morgan fingerprint density at radius 3 is 2.75 bits per heavy atom. The van der Waals surface area contributed by atoms with E-state index in [4.69, 9.17) is 4.52 Å². The number of thiazole rings is 1. The van der Waals surface area contributed by atoms with Gasteiger partial charge in [-0.1, -0.05) is 19.0 Å². The number of hydrogen-bond donors (Lipinski definition) is 1. The zero-order valence-corrected chi connectivity index (χ0v) is 13.0. The molecule has 0 saturated carbocycles. The van der Waals surface area contributed by atoms with Crippen LogP contribution in [0.2, 0.25) is 0 Å². The summed E-state index contributed by atoms with van der Waals surface area (Å²) in [6.45, 7) is 7.92. The standard InChI is InChI=1S/C14H19N3O2S/c1-8(2)12-7-20-14(15-12)16-13(18)6-5-11-9(3)17-19-10(11)4/h7-8H,5-6H2,1-4H3,(H,15,16,18). The lowest BCUT2D eigenvalue weighted by Crippen LogP contribution is -2.12. The third-order valence-corrected chi connectivity index (χ3v) is 3.92. The number of nitrogens with one attached hydrogen (secondary N) is 1. The first-order valence-electron chi connectivity index (χ1n) is 6.64. The van der Waals surface area contributed by atoms with Crippen LogP contribution in [-0.4, -0.2) is 16.0 Å². The van der Waals surface area contributed by atoms with Crippen molar-refractivity contribution in [3.63, 3.8) is 0 Å². The molecule has 5 nitrogen and oxygen atoms in total. The maximum absolute atomic E-state index is 11.9. The number of aromatic nitrogens is 2. The first-order valence-corrected chi connectivity index (χ1v) is 7.52. The zero-order valence-electron chi connectivity index (χ0n) is 12.2. The zero-order chi connectivity index (χ0) is 14.7. The molecule has 0 unspecified atom stereocenters. The Kier molecular flexibility index (Phi) is 4.54. The molecule has 0 aliphatic rings. The van der Waals surface area contributed by atoms with Gasteiger partial charge in [-0.15, -0.1) is 11.3 Å². The lowest BCUT2D eigenvalue weighted by molar-refractivity contribution is -0.116. The molecule has 0 aliphatic heterocycles. The molecular weight excluding hydrogens is 274 g/mol. The van der Waals surface area contributed by atoms with E-state index >= 15 is 0 Å². The predicted octanol–water partition coefficient (Wildman–Crippen LogP) is 3.44. The maximum Gasteiger partial charge on any atom is 0.226 e. The molecule has 2 aromatic heterocycles. The molecule has 108 valence electrons. The molecule has 20 heavy (non-hydrogen) atoms. The fraction of sp³-hybridized carbons (Fsp3) is 0.500. The lowest BCUT2D eigenvalue weighted by Gasteiger charge is -2.02. The third kappa shape index (κ3) is 3.45. The summed E-state index contributed by atoms with van der Waals surface area (Å²) >= 11 is 1.46. The third-order valence-electron chi connectivity index (χ3n) is 3.14. The molecule has 0 aliphatic carbocycles. The minimum absolute atomic E-state index is 0.0327. The van der Waals surface area contributed by atoms with Crippen molar-refractivity contribution >= 4 is 22.4 Å². The predicted molar refractivity (Wildman–Crippen MR) is 79.1 cm³/mol. The number of hydrogen-bond acceptors (Lipinski definition) is 5. The summed E-state index contributed by atoms with van der Waals surface area (Å²) in [7, 11) is 0. The van der Waals surface area contributed by atoms with Gasteiger partial charge in [0.15, 0.2) is 5.13 Å². The van der Waals surface area contributed by atoms with Crippen molar-refractivity contribution in [1.29, 1.82) is 0 Å². The Bertz CT molecular complexity index is 582. The number of rotatable bonds is 5. The fourth-order valence-electron chi connectivity index (χ4n) is 1.89. The topological polar surface area (TPSA) is 68.0 Å². The maximum atomic E-state index is 11.9. The Labute approximate surface area is 122 Å². The fourth-order valence-corrected chi connectivity index (χ4v) is 2.78. The van der Waals surface area contributed by atoms with Crippen molar-refractivity contribution in [2.24, 2.45) is 0 Å². The Morgan fingerprint density at radius 1 is 1.45 bits per heavy atom. The van der Waals surface area contributed by atoms with Crippen molar-refractivity contribution in [2.45, 2.75) is 46.5 Å². The second-order valence-electron chi connectivity index (χ2n) is 5.08. The second-order valence-corrected chi connectivity index (χ2v) is 5.94. The van der Waals surface area contributed by atoms with Gasteiger partial charge in [0, 0.05) is 17.4 Å². The molecule has 2 rings (SSSR count). The van der Waals surface area contributed by atoms with E-state index in [2.05, 4.69) is 29.3 Å². The molecule has 0 saturated heterocycles. The molecule has 2 heterocycles. The van der Waals surface area contributed by atoms with Crippen LogP contribution in [0.5, 0.6) is 0 Å². The first kappa shape index (κ1) is 14.7. The van der Waals surface area contributed by atoms with E-state index in [1.165, 1.54) is 11.3 Å². The van der Waals surface area contributed by atoms with E-state index in [1.807, 2.05) is 19.2 Å². The molecule has 0 atom stereocenters. The molecule has 0 aromatic carbocycles. The highest BCUT2D eigenvalue weighted by atomic mass is 32.1. The SMILES string of the molecule is Cc1noc(C)c1CCC(=O)Nc1nc(C(C)C)cs1. The molecule has 1 amide bonds. The van der Waals surface area contributed by atoms with E-state index in [1.54, 1.807) is 0 Å². The minimum Gasteiger partial charge on any atom is -0.361 e. The molecule has 0 spiro atoms.